The van der Waals surface area contributed by atoms with Crippen molar-refractivity contribution in [2.24, 2.45) is 0 Å². The lowest BCUT2D eigenvalue weighted by Gasteiger charge is -2.37. The van der Waals surface area contributed by atoms with Gasteiger partial charge in [-0.3, -0.25) is 4.79 Å². The number of aliphatic hydroxyl groups excluding tert-OH is 1. The van der Waals surface area contributed by atoms with Gasteiger partial charge in [-0.25, -0.2) is 0 Å². The molecule has 0 radical (unpaired) electrons. The lowest BCUT2D eigenvalue weighted by atomic mass is 9.91. The van der Waals surface area contributed by atoms with Crippen molar-refractivity contribution in [2.75, 3.05) is 13.7 Å². The lowest BCUT2D eigenvalue weighted by Crippen LogP contribution is -2.43. The average molecular weight is 474 g/mol. The molecule has 1 heterocycles. The van der Waals surface area contributed by atoms with Crippen LogP contribution >= 0.6 is 0 Å². The van der Waals surface area contributed by atoms with Crippen LogP contribution in [0.3, 0.4) is 0 Å². The van der Waals surface area contributed by atoms with Gasteiger partial charge in [-0.15, -0.1) is 0 Å². The number of fused-ring (bicyclic) bond motifs is 1. The van der Waals surface area contributed by atoms with Crippen LogP contribution in [0, 0.1) is 0 Å². The van der Waals surface area contributed by atoms with Crippen LogP contribution in [0.25, 0.3) is 0 Å². The third-order valence-corrected chi connectivity index (χ3v) is 6.80. The predicted octanol–water partition coefficient (Wildman–Crippen LogP) is 4.44. The second-order valence-electron chi connectivity index (χ2n) is 9.19. The van der Waals surface area contributed by atoms with Crippen LogP contribution in [-0.4, -0.2) is 41.8 Å². The number of amides is 1. The molecule has 1 aliphatic carbocycles. The minimum Gasteiger partial charge on any atom is -0.493 e. The summed E-state index contributed by atoms with van der Waals surface area (Å²) in [5.74, 6) is 1.40. The van der Waals surface area contributed by atoms with Crippen LogP contribution < -0.4 is 9.47 Å². The molecule has 6 nitrogen and oxygen atoms in total. The average Bonchev–Trinajstić information content (AvgIpc) is 2.89. The van der Waals surface area contributed by atoms with E-state index in [-0.39, 0.29) is 18.1 Å². The van der Waals surface area contributed by atoms with Crippen molar-refractivity contribution in [3.63, 3.8) is 0 Å². The standard InChI is InChI=1S/C29H31NO5/c1-33-26-13-12-22-18-30(15-14-25(22)28(26)34-19-20-8-4-2-5-9-20)29(32)27(21-10-6-3-7-11-21)35-24-16-23(31)17-24/h2-13,23-24,27,31H,14-19H2,1H3. The topological polar surface area (TPSA) is 68.2 Å². The number of rotatable bonds is 8. The molecule has 3 aromatic rings. The first-order valence-corrected chi connectivity index (χ1v) is 12.1. The Morgan fingerprint density at radius 3 is 2.43 bits per heavy atom. The Labute approximate surface area is 206 Å². The van der Waals surface area contributed by atoms with E-state index in [1.165, 1.54) is 0 Å². The first-order chi connectivity index (χ1) is 17.1. The molecule has 2 aliphatic rings. The molecule has 0 bridgehead atoms. The molecule has 1 N–H and O–H groups in total. The largest absolute Gasteiger partial charge is 0.493 e. The SMILES string of the molecule is COc1ccc2c(c1OCc1ccccc1)CCN(C(=O)C(OC1CC(O)C1)c1ccccc1)C2. The van der Waals surface area contributed by atoms with Gasteiger partial charge < -0.3 is 24.2 Å². The molecule has 1 saturated carbocycles. The minimum atomic E-state index is -0.678. The number of hydrogen-bond acceptors (Lipinski definition) is 5. The molecule has 0 saturated heterocycles. The van der Waals surface area contributed by atoms with Crippen LogP contribution in [0.5, 0.6) is 11.5 Å². The van der Waals surface area contributed by atoms with Crippen LogP contribution in [0.15, 0.2) is 72.8 Å². The normalized spacial score (nSPS) is 19.9. The Hall–Kier alpha value is -3.35. The van der Waals surface area contributed by atoms with Gasteiger partial charge >= 0.3 is 0 Å². The molecule has 5 rings (SSSR count). The van der Waals surface area contributed by atoms with Crippen molar-refractivity contribution < 1.29 is 24.1 Å². The van der Waals surface area contributed by atoms with Crippen molar-refractivity contribution in [1.29, 1.82) is 0 Å². The fourth-order valence-electron chi connectivity index (χ4n) is 4.75. The summed E-state index contributed by atoms with van der Waals surface area (Å²) in [5, 5.41) is 9.69. The number of nitrogens with zero attached hydrogens (tertiary/aromatic N) is 1. The summed E-state index contributed by atoms with van der Waals surface area (Å²) in [7, 11) is 1.65. The van der Waals surface area contributed by atoms with E-state index in [4.69, 9.17) is 14.2 Å². The Morgan fingerprint density at radius 1 is 1.03 bits per heavy atom. The third-order valence-electron chi connectivity index (χ3n) is 6.80. The van der Waals surface area contributed by atoms with Crippen molar-refractivity contribution in [3.05, 3.63) is 95.1 Å². The highest BCUT2D eigenvalue weighted by atomic mass is 16.5. The second-order valence-corrected chi connectivity index (χ2v) is 9.19. The summed E-state index contributed by atoms with van der Waals surface area (Å²) < 4.78 is 18.0. The Morgan fingerprint density at radius 2 is 1.74 bits per heavy atom. The van der Waals surface area contributed by atoms with Gasteiger partial charge in [-0.2, -0.15) is 0 Å². The number of aliphatic hydroxyl groups is 1. The van der Waals surface area contributed by atoms with Gasteiger partial charge in [0.15, 0.2) is 17.6 Å². The Balaban J connectivity index is 1.35. The molecule has 182 valence electrons. The summed E-state index contributed by atoms with van der Waals surface area (Å²) in [6.07, 6.45) is 0.702. The van der Waals surface area contributed by atoms with Crippen molar-refractivity contribution in [3.8, 4) is 11.5 Å². The number of carbonyl (C=O) groups excluding carboxylic acids is 1. The first-order valence-electron chi connectivity index (χ1n) is 12.1. The number of hydrogen-bond donors (Lipinski definition) is 1. The summed E-state index contributed by atoms with van der Waals surface area (Å²) in [5.41, 5.74) is 4.07. The molecule has 6 heteroatoms. The van der Waals surface area contributed by atoms with Crippen LogP contribution in [0.4, 0.5) is 0 Å². The van der Waals surface area contributed by atoms with Crippen LogP contribution in [0.1, 0.15) is 41.2 Å². The lowest BCUT2D eigenvalue weighted by molar-refractivity contribution is -0.159. The maximum Gasteiger partial charge on any atom is 0.256 e. The number of carbonyl (C=O) groups is 1. The van der Waals surface area contributed by atoms with E-state index >= 15 is 0 Å². The zero-order chi connectivity index (χ0) is 24.2. The molecule has 35 heavy (non-hydrogen) atoms. The molecule has 1 atom stereocenters. The summed E-state index contributed by atoms with van der Waals surface area (Å²) in [6, 6.07) is 23.6. The monoisotopic (exact) mass is 473 g/mol. The molecular weight excluding hydrogens is 442 g/mol. The highest BCUT2D eigenvalue weighted by molar-refractivity contribution is 5.83. The fraction of sp³-hybridized carbons (Fsp3) is 0.345. The number of benzene rings is 3. The zero-order valence-corrected chi connectivity index (χ0v) is 19.9. The molecule has 1 unspecified atom stereocenters. The number of methoxy groups -OCH3 is 1. The molecule has 0 aromatic heterocycles. The van der Waals surface area contributed by atoms with E-state index in [9.17, 15) is 9.90 Å². The zero-order valence-electron chi connectivity index (χ0n) is 19.9. The quantitative estimate of drug-likeness (QED) is 0.524. The predicted molar refractivity (Wildman–Crippen MR) is 132 cm³/mol. The molecule has 3 aromatic carbocycles. The summed E-state index contributed by atoms with van der Waals surface area (Å²) >= 11 is 0. The van der Waals surface area contributed by atoms with E-state index in [0.717, 1.165) is 28.0 Å². The highest BCUT2D eigenvalue weighted by Gasteiger charge is 2.36. The summed E-state index contributed by atoms with van der Waals surface area (Å²) in [4.78, 5) is 15.5. The van der Waals surface area contributed by atoms with Gasteiger partial charge in [0.1, 0.15) is 6.61 Å². The first kappa shape index (κ1) is 23.4. The van der Waals surface area contributed by atoms with Gasteiger partial charge in [-0.1, -0.05) is 66.7 Å². The smallest absolute Gasteiger partial charge is 0.256 e. The van der Waals surface area contributed by atoms with E-state index in [0.29, 0.717) is 44.7 Å². The molecule has 1 fully saturated rings. The van der Waals surface area contributed by atoms with Crippen molar-refractivity contribution in [1.82, 2.24) is 4.90 Å². The maximum absolute atomic E-state index is 13.7. The summed E-state index contributed by atoms with van der Waals surface area (Å²) in [6.45, 7) is 1.51. The second kappa shape index (κ2) is 10.5. The molecule has 1 aliphatic heterocycles. The van der Waals surface area contributed by atoms with Gasteiger partial charge in [-0.05, 0) is 42.0 Å². The molecule has 1 amide bonds. The van der Waals surface area contributed by atoms with E-state index in [1.54, 1.807) is 7.11 Å². The van der Waals surface area contributed by atoms with E-state index in [2.05, 4.69) is 0 Å². The maximum atomic E-state index is 13.7. The molecule has 0 spiro atoms. The van der Waals surface area contributed by atoms with Crippen molar-refractivity contribution >= 4 is 5.91 Å². The van der Waals surface area contributed by atoms with E-state index in [1.807, 2.05) is 77.7 Å². The van der Waals surface area contributed by atoms with Crippen LogP contribution in [-0.2, 0) is 29.1 Å². The number of ether oxygens (including phenoxy) is 3. The Kier molecular flexibility index (Phi) is 7.02. The minimum absolute atomic E-state index is 0.0502. The molecular formula is C29H31NO5. The highest BCUT2D eigenvalue weighted by Crippen LogP contribution is 2.38. The van der Waals surface area contributed by atoms with E-state index < -0.39 is 6.10 Å². The van der Waals surface area contributed by atoms with Gasteiger partial charge in [0.2, 0.25) is 0 Å². The fourth-order valence-corrected chi connectivity index (χ4v) is 4.75. The van der Waals surface area contributed by atoms with Gasteiger partial charge in [0.25, 0.3) is 5.91 Å². The van der Waals surface area contributed by atoms with Gasteiger partial charge in [0, 0.05) is 18.7 Å². The van der Waals surface area contributed by atoms with Crippen molar-refractivity contribution in [2.45, 2.75) is 50.7 Å². The van der Waals surface area contributed by atoms with Gasteiger partial charge in [0.05, 0.1) is 19.3 Å². The Bertz CT molecular complexity index is 1140. The third kappa shape index (κ3) is 5.19. The van der Waals surface area contributed by atoms with Crippen LogP contribution in [0.2, 0.25) is 0 Å².